The van der Waals surface area contributed by atoms with Crippen LogP contribution in [0.5, 0.6) is 5.75 Å². The number of hydrogen-bond donors (Lipinski definition) is 5. The zero-order valence-electron chi connectivity index (χ0n) is 17.0. The highest BCUT2D eigenvalue weighted by Gasteiger charge is 2.44. The molecular formula is C18H18N4O12. The molecule has 5 N–H and O–H groups in total. The summed E-state index contributed by atoms with van der Waals surface area (Å²) in [7, 11) is 0. The summed E-state index contributed by atoms with van der Waals surface area (Å²) < 4.78 is 10.6. The van der Waals surface area contributed by atoms with Gasteiger partial charge in [-0.1, -0.05) is 0 Å². The third kappa shape index (κ3) is 5.00. The number of hydrogen-bond acceptors (Lipinski definition) is 13. The van der Waals surface area contributed by atoms with E-state index in [0.29, 0.717) is 12.1 Å². The number of nitro groups is 3. The van der Waals surface area contributed by atoms with Crippen molar-refractivity contribution in [3.8, 4) is 5.75 Å². The van der Waals surface area contributed by atoms with Crippen LogP contribution >= 0.6 is 0 Å². The van der Waals surface area contributed by atoms with E-state index in [1.165, 1.54) is 24.3 Å². The van der Waals surface area contributed by atoms with Gasteiger partial charge in [0.2, 0.25) is 6.29 Å². The van der Waals surface area contributed by atoms with E-state index in [0.717, 1.165) is 0 Å². The fourth-order valence-electron chi connectivity index (χ4n) is 3.18. The summed E-state index contributed by atoms with van der Waals surface area (Å²) in [6.45, 7) is -0.652. The molecule has 1 heterocycles. The molecule has 0 aromatic heterocycles. The SMILES string of the molecule is O=[N+]([O-])c1cc([N+](=O)[O-])c(Nc2ccc(OC3OC(CO)C(O)C(O)C3O)cc2)c([N+](=O)[O-])c1. The first-order chi connectivity index (χ1) is 16.0. The van der Waals surface area contributed by atoms with Crippen LogP contribution in [-0.4, -0.2) is 72.5 Å². The van der Waals surface area contributed by atoms with Gasteiger partial charge in [-0.25, -0.2) is 0 Å². The number of ether oxygens (including phenoxy) is 2. The van der Waals surface area contributed by atoms with Crippen LogP contribution in [0.3, 0.4) is 0 Å². The highest BCUT2D eigenvalue weighted by Crippen LogP contribution is 2.40. The lowest BCUT2D eigenvalue weighted by molar-refractivity contribution is -0.401. The molecule has 2 aromatic carbocycles. The molecule has 0 bridgehead atoms. The standard InChI is InChI=1S/C18H18N4O12/c23-7-13-15(24)16(25)17(26)18(34-13)33-10-3-1-8(2-4-10)19-14-11(21(29)30)5-9(20(27)28)6-12(14)22(31)32/h1-6,13,15-19,23-26H,7H2. The Labute approximate surface area is 189 Å². The summed E-state index contributed by atoms with van der Waals surface area (Å²) in [5.41, 5.74) is -3.07. The van der Waals surface area contributed by atoms with Crippen LogP contribution < -0.4 is 10.1 Å². The molecule has 2 aromatic rings. The summed E-state index contributed by atoms with van der Waals surface area (Å²) in [4.78, 5) is 30.7. The van der Waals surface area contributed by atoms with E-state index >= 15 is 0 Å². The zero-order valence-corrected chi connectivity index (χ0v) is 17.0. The number of aliphatic hydroxyl groups is 4. The smallest absolute Gasteiger partial charge is 0.306 e. The predicted octanol–water partition coefficient (Wildman–Crippen LogP) is 0.333. The van der Waals surface area contributed by atoms with Crippen LogP contribution in [-0.2, 0) is 4.74 Å². The molecule has 16 heteroatoms. The van der Waals surface area contributed by atoms with Crippen molar-refractivity contribution in [2.75, 3.05) is 11.9 Å². The maximum atomic E-state index is 11.4. The van der Waals surface area contributed by atoms with Gasteiger partial charge in [0.05, 0.1) is 33.5 Å². The average molecular weight is 482 g/mol. The van der Waals surface area contributed by atoms with Crippen molar-refractivity contribution in [3.05, 3.63) is 66.7 Å². The van der Waals surface area contributed by atoms with Gasteiger partial charge in [0.1, 0.15) is 30.2 Å². The molecule has 5 atom stereocenters. The van der Waals surface area contributed by atoms with Gasteiger partial charge in [-0.15, -0.1) is 0 Å². The second-order valence-corrected chi connectivity index (χ2v) is 7.09. The fraction of sp³-hybridized carbons (Fsp3) is 0.333. The van der Waals surface area contributed by atoms with E-state index in [9.17, 15) is 50.8 Å². The van der Waals surface area contributed by atoms with E-state index < -0.39 is 74.8 Å². The highest BCUT2D eigenvalue weighted by atomic mass is 16.7. The molecule has 0 saturated carbocycles. The minimum atomic E-state index is -1.65. The Bertz CT molecular complexity index is 1060. The van der Waals surface area contributed by atoms with Crippen LogP contribution in [0.25, 0.3) is 0 Å². The molecule has 1 saturated heterocycles. The monoisotopic (exact) mass is 482 g/mol. The maximum absolute atomic E-state index is 11.4. The van der Waals surface area contributed by atoms with Gasteiger partial charge in [-0.3, -0.25) is 30.3 Å². The van der Waals surface area contributed by atoms with Crippen molar-refractivity contribution in [1.29, 1.82) is 0 Å². The molecule has 182 valence electrons. The summed E-state index contributed by atoms with van der Waals surface area (Å²) in [5, 5.41) is 75.1. The van der Waals surface area contributed by atoms with Crippen molar-refractivity contribution in [2.24, 2.45) is 0 Å². The van der Waals surface area contributed by atoms with Crippen molar-refractivity contribution in [3.63, 3.8) is 0 Å². The molecule has 34 heavy (non-hydrogen) atoms. The largest absolute Gasteiger partial charge is 0.462 e. The second kappa shape index (κ2) is 9.89. The van der Waals surface area contributed by atoms with Crippen molar-refractivity contribution < 1.29 is 44.7 Å². The Kier molecular flexibility index (Phi) is 7.18. The van der Waals surface area contributed by atoms with Gasteiger partial charge in [0, 0.05) is 5.69 Å². The lowest BCUT2D eigenvalue weighted by Gasteiger charge is -2.39. The lowest BCUT2D eigenvalue weighted by atomic mass is 9.99. The predicted molar refractivity (Wildman–Crippen MR) is 111 cm³/mol. The van der Waals surface area contributed by atoms with E-state index in [-0.39, 0.29) is 11.4 Å². The van der Waals surface area contributed by atoms with Crippen LogP contribution in [0.2, 0.25) is 0 Å². The minimum Gasteiger partial charge on any atom is -0.462 e. The Hall–Kier alpha value is -3.96. The van der Waals surface area contributed by atoms with Gasteiger partial charge < -0.3 is 35.2 Å². The minimum absolute atomic E-state index is 0.0718. The number of rotatable bonds is 8. The molecule has 0 amide bonds. The third-order valence-electron chi connectivity index (χ3n) is 4.91. The fourth-order valence-corrected chi connectivity index (χ4v) is 3.18. The molecule has 0 aliphatic carbocycles. The molecule has 1 fully saturated rings. The summed E-state index contributed by atoms with van der Waals surface area (Å²) in [6.07, 6.45) is -7.51. The summed E-state index contributed by atoms with van der Waals surface area (Å²) >= 11 is 0. The molecule has 0 radical (unpaired) electrons. The highest BCUT2D eigenvalue weighted by molar-refractivity contribution is 5.81. The summed E-state index contributed by atoms with van der Waals surface area (Å²) in [6, 6.07) is 6.37. The van der Waals surface area contributed by atoms with Gasteiger partial charge in [0.15, 0.2) is 5.69 Å². The Morgan fingerprint density at radius 1 is 0.882 bits per heavy atom. The quantitative estimate of drug-likeness (QED) is 0.252. The lowest BCUT2D eigenvalue weighted by Crippen LogP contribution is -2.60. The summed E-state index contributed by atoms with van der Waals surface area (Å²) in [5.74, 6) is 0.0718. The number of anilines is 2. The first kappa shape index (κ1) is 24.7. The van der Waals surface area contributed by atoms with Crippen LogP contribution in [0.4, 0.5) is 28.4 Å². The van der Waals surface area contributed by atoms with Crippen molar-refractivity contribution in [2.45, 2.75) is 30.7 Å². The van der Waals surface area contributed by atoms with E-state index in [4.69, 9.17) is 9.47 Å². The molecule has 5 unspecified atom stereocenters. The number of nitro benzene ring substituents is 3. The van der Waals surface area contributed by atoms with Gasteiger partial charge >= 0.3 is 11.4 Å². The third-order valence-corrected chi connectivity index (χ3v) is 4.91. The van der Waals surface area contributed by atoms with Gasteiger partial charge in [-0.2, -0.15) is 0 Å². The Balaban J connectivity index is 1.84. The number of benzene rings is 2. The molecule has 1 aliphatic heterocycles. The van der Waals surface area contributed by atoms with Crippen LogP contribution in [0.1, 0.15) is 0 Å². The van der Waals surface area contributed by atoms with E-state index in [2.05, 4.69) is 5.32 Å². The molecule has 0 spiro atoms. The van der Waals surface area contributed by atoms with Gasteiger partial charge in [-0.05, 0) is 24.3 Å². The van der Waals surface area contributed by atoms with Crippen LogP contribution in [0.15, 0.2) is 36.4 Å². The number of non-ortho nitro benzene ring substituents is 1. The first-order valence-corrected chi connectivity index (χ1v) is 9.49. The zero-order chi connectivity index (χ0) is 25.2. The molecular weight excluding hydrogens is 464 g/mol. The molecule has 1 aliphatic rings. The molecule has 3 rings (SSSR count). The topological polar surface area (TPSA) is 241 Å². The average Bonchev–Trinajstić information content (AvgIpc) is 2.80. The van der Waals surface area contributed by atoms with E-state index in [1.54, 1.807) is 0 Å². The molecule has 16 nitrogen and oxygen atoms in total. The van der Waals surface area contributed by atoms with Gasteiger partial charge in [0.25, 0.3) is 5.69 Å². The Morgan fingerprint density at radius 2 is 1.44 bits per heavy atom. The first-order valence-electron chi connectivity index (χ1n) is 9.49. The van der Waals surface area contributed by atoms with Crippen LogP contribution in [0, 0.1) is 30.3 Å². The maximum Gasteiger partial charge on any atom is 0.306 e. The number of aliphatic hydroxyl groups excluding tert-OH is 4. The van der Waals surface area contributed by atoms with Crippen molar-refractivity contribution >= 4 is 28.4 Å². The van der Waals surface area contributed by atoms with E-state index in [1.807, 2.05) is 0 Å². The normalized spacial score (nSPS) is 24.3. The number of nitrogens with zero attached hydrogens (tertiary/aromatic N) is 3. The number of nitrogens with one attached hydrogen (secondary N) is 1. The second-order valence-electron chi connectivity index (χ2n) is 7.09. The Morgan fingerprint density at radius 3 is 1.91 bits per heavy atom. The van der Waals surface area contributed by atoms with Crippen molar-refractivity contribution in [1.82, 2.24) is 0 Å².